The van der Waals surface area contributed by atoms with Crippen LogP contribution in [0.5, 0.6) is 0 Å². The number of aliphatic hydroxyl groups is 1. The molecule has 2 aromatic rings. The van der Waals surface area contributed by atoms with Crippen molar-refractivity contribution in [2.45, 2.75) is 58.3 Å². The van der Waals surface area contributed by atoms with Crippen LogP contribution in [-0.4, -0.2) is 49.9 Å². The Morgan fingerprint density at radius 2 is 2.11 bits per heavy atom. The smallest absolute Gasteiger partial charge is 0.305 e. The van der Waals surface area contributed by atoms with E-state index in [1.807, 2.05) is 0 Å². The first-order valence-electron chi connectivity index (χ1n) is 9.13. The number of carbonyl (C=O) groups is 1. The molecule has 0 aliphatic rings. The third kappa shape index (κ3) is 6.65. The Morgan fingerprint density at radius 3 is 2.89 bits per heavy atom. The Labute approximate surface area is 156 Å². The normalized spacial score (nSPS) is 12.4. The number of esters is 1. The first-order valence-corrected chi connectivity index (χ1v) is 9.13. The minimum absolute atomic E-state index is 0.0177. The zero-order valence-corrected chi connectivity index (χ0v) is 15.5. The molecule has 0 aromatic carbocycles. The number of aliphatic hydroxyl groups excluding tert-OH is 1. The number of nitrogens with zero attached hydrogens (tertiary/aromatic N) is 3. The molecular weight excluding hydrogens is 354 g/mol. The van der Waals surface area contributed by atoms with E-state index in [-0.39, 0.29) is 37.4 Å². The largest absolute Gasteiger partial charge is 0.463 e. The quantitative estimate of drug-likeness (QED) is 0.364. The SMILES string of the molecule is CCCCCCCC(=O)OC[C@@H](O)COCn1cnc2c(=O)[nH]c(N)nc21. The van der Waals surface area contributed by atoms with Crippen molar-refractivity contribution in [1.82, 2.24) is 19.5 Å². The topological polar surface area (TPSA) is 145 Å². The van der Waals surface area contributed by atoms with Crippen LogP contribution in [0.4, 0.5) is 5.95 Å². The molecule has 10 nitrogen and oxygen atoms in total. The summed E-state index contributed by atoms with van der Waals surface area (Å²) in [5, 5.41) is 9.85. The number of anilines is 1. The summed E-state index contributed by atoms with van der Waals surface area (Å²) in [5.74, 6) is -0.332. The maximum absolute atomic E-state index is 11.7. The van der Waals surface area contributed by atoms with Crippen LogP contribution < -0.4 is 11.3 Å². The van der Waals surface area contributed by atoms with Gasteiger partial charge in [0, 0.05) is 6.42 Å². The molecule has 150 valence electrons. The van der Waals surface area contributed by atoms with Gasteiger partial charge in [-0.15, -0.1) is 0 Å². The second-order valence-corrected chi connectivity index (χ2v) is 6.34. The molecular formula is C17H27N5O5. The monoisotopic (exact) mass is 381 g/mol. The van der Waals surface area contributed by atoms with E-state index in [9.17, 15) is 14.7 Å². The highest BCUT2D eigenvalue weighted by atomic mass is 16.5. The molecule has 0 radical (unpaired) electrons. The second kappa shape index (κ2) is 10.6. The Balaban J connectivity index is 1.67. The highest BCUT2D eigenvalue weighted by Gasteiger charge is 2.12. The van der Waals surface area contributed by atoms with Crippen molar-refractivity contribution in [3.05, 3.63) is 16.7 Å². The van der Waals surface area contributed by atoms with Crippen molar-refractivity contribution in [2.24, 2.45) is 0 Å². The molecule has 2 heterocycles. The van der Waals surface area contributed by atoms with E-state index in [4.69, 9.17) is 15.2 Å². The summed E-state index contributed by atoms with van der Waals surface area (Å²) in [6.45, 7) is 2.00. The molecule has 0 fully saturated rings. The summed E-state index contributed by atoms with van der Waals surface area (Å²) in [5.41, 5.74) is 5.53. The molecule has 1 atom stereocenters. The number of nitrogen functional groups attached to an aromatic ring is 1. The number of aromatic nitrogens is 4. The summed E-state index contributed by atoms with van der Waals surface area (Å²) < 4.78 is 11.9. The number of nitrogens with two attached hydrogens (primary N) is 1. The Morgan fingerprint density at radius 1 is 1.33 bits per heavy atom. The lowest BCUT2D eigenvalue weighted by atomic mass is 10.1. The van der Waals surface area contributed by atoms with E-state index in [0.717, 1.165) is 25.7 Å². The van der Waals surface area contributed by atoms with Crippen LogP contribution >= 0.6 is 0 Å². The van der Waals surface area contributed by atoms with Crippen LogP contribution in [0, 0.1) is 0 Å². The fourth-order valence-corrected chi connectivity index (χ4v) is 2.53. The zero-order valence-electron chi connectivity index (χ0n) is 15.5. The maximum Gasteiger partial charge on any atom is 0.305 e. The predicted molar refractivity (Wildman–Crippen MR) is 98.9 cm³/mol. The molecule has 0 aliphatic heterocycles. The number of nitrogens with one attached hydrogen (secondary N) is 1. The standard InChI is InChI=1S/C17H27N5O5/c1-2-3-4-5-6-7-13(24)27-9-12(23)8-26-11-22-10-19-14-15(22)20-17(18)21-16(14)25/h10,12,23H,2-9,11H2,1H3,(H3,18,20,21,25)/t12-/m0/s1. The molecule has 0 unspecified atom stereocenters. The fourth-order valence-electron chi connectivity index (χ4n) is 2.53. The molecule has 4 N–H and O–H groups in total. The zero-order chi connectivity index (χ0) is 19.6. The first kappa shape index (κ1) is 20.8. The lowest BCUT2D eigenvalue weighted by Crippen LogP contribution is -2.24. The van der Waals surface area contributed by atoms with Crippen molar-refractivity contribution in [1.29, 1.82) is 0 Å². The Bertz CT molecular complexity index is 788. The minimum Gasteiger partial charge on any atom is -0.463 e. The number of fused-ring (bicyclic) bond motifs is 1. The molecule has 0 spiro atoms. The van der Waals surface area contributed by atoms with Gasteiger partial charge in [0.15, 0.2) is 11.2 Å². The Kier molecular flexibility index (Phi) is 8.21. The number of unbranched alkanes of at least 4 members (excludes halogenated alkanes) is 4. The highest BCUT2D eigenvalue weighted by molar-refractivity contribution is 5.70. The summed E-state index contributed by atoms with van der Waals surface area (Å²) in [6.07, 6.45) is 6.08. The van der Waals surface area contributed by atoms with E-state index in [1.165, 1.54) is 17.3 Å². The summed E-state index contributed by atoms with van der Waals surface area (Å²) >= 11 is 0. The van der Waals surface area contributed by atoms with Crippen molar-refractivity contribution >= 4 is 23.1 Å². The van der Waals surface area contributed by atoms with Gasteiger partial charge >= 0.3 is 5.97 Å². The minimum atomic E-state index is -0.940. The van der Waals surface area contributed by atoms with E-state index < -0.39 is 11.7 Å². The average molecular weight is 381 g/mol. The molecule has 0 amide bonds. The summed E-state index contributed by atoms with van der Waals surface area (Å²) in [7, 11) is 0. The van der Waals surface area contributed by atoms with Gasteiger partial charge in [-0.25, -0.2) is 4.98 Å². The van der Waals surface area contributed by atoms with Crippen LogP contribution in [-0.2, 0) is 21.0 Å². The van der Waals surface area contributed by atoms with Gasteiger partial charge in [-0.3, -0.25) is 19.1 Å². The molecule has 0 saturated heterocycles. The molecule has 10 heteroatoms. The third-order valence-corrected chi connectivity index (χ3v) is 3.95. The van der Waals surface area contributed by atoms with Crippen LogP contribution in [0.25, 0.3) is 11.2 Å². The number of carbonyl (C=O) groups excluding carboxylic acids is 1. The van der Waals surface area contributed by atoms with E-state index in [0.29, 0.717) is 12.1 Å². The molecule has 0 aliphatic carbocycles. The number of rotatable bonds is 12. The van der Waals surface area contributed by atoms with Crippen molar-refractivity contribution < 1.29 is 19.4 Å². The number of hydrogen-bond donors (Lipinski definition) is 3. The van der Waals surface area contributed by atoms with Crippen LogP contribution in [0.15, 0.2) is 11.1 Å². The highest BCUT2D eigenvalue weighted by Crippen LogP contribution is 2.07. The van der Waals surface area contributed by atoms with Crippen LogP contribution in [0.2, 0.25) is 0 Å². The molecule has 27 heavy (non-hydrogen) atoms. The van der Waals surface area contributed by atoms with Gasteiger partial charge in [0.05, 0.1) is 12.9 Å². The van der Waals surface area contributed by atoms with Gasteiger partial charge in [0.1, 0.15) is 19.4 Å². The molecule has 0 bridgehead atoms. The third-order valence-electron chi connectivity index (χ3n) is 3.95. The molecule has 0 saturated carbocycles. The maximum atomic E-state index is 11.7. The van der Waals surface area contributed by atoms with Gasteiger partial charge < -0.3 is 20.3 Å². The van der Waals surface area contributed by atoms with Gasteiger partial charge in [0.2, 0.25) is 5.95 Å². The van der Waals surface area contributed by atoms with Gasteiger partial charge in [0.25, 0.3) is 5.56 Å². The van der Waals surface area contributed by atoms with E-state index in [2.05, 4.69) is 21.9 Å². The number of hydrogen-bond acceptors (Lipinski definition) is 8. The van der Waals surface area contributed by atoms with Crippen molar-refractivity contribution in [2.75, 3.05) is 18.9 Å². The predicted octanol–water partition coefficient (Wildman–Crippen LogP) is 0.941. The van der Waals surface area contributed by atoms with Crippen molar-refractivity contribution in [3.63, 3.8) is 0 Å². The Hall–Kier alpha value is -2.46. The summed E-state index contributed by atoms with van der Waals surface area (Å²) in [4.78, 5) is 33.6. The van der Waals surface area contributed by atoms with Gasteiger partial charge in [-0.2, -0.15) is 4.98 Å². The number of imidazole rings is 1. The van der Waals surface area contributed by atoms with E-state index in [1.54, 1.807) is 0 Å². The lowest BCUT2D eigenvalue weighted by molar-refractivity contribution is -0.148. The fraction of sp³-hybridized carbons (Fsp3) is 0.647. The number of H-pyrrole nitrogens is 1. The number of ether oxygens (including phenoxy) is 2. The average Bonchev–Trinajstić information content (AvgIpc) is 3.03. The lowest BCUT2D eigenvalue weighted by Gasteiger charge is -2.12. The van der Waals surface area contributed by atoms with Crippen molar-refractivity contribution in [3.8, 4) is 0 Å². The first-order chi connectivity index (χ1) is 13.0. The molecule has 2 rings (SSSR count). The van der Waals surface area contributed by atoms with Gasteiger partial charge in [-0.05, 0) is 6.42 Å². The van der Waals surface area contributed by atoms with Crippen LogP contribution in [0.3, 0.4) is 0 Å². The molecule has 2 aromatic heterocycles. The second-order valence-electron chi connectivity index (χ2n) is 6.34. The van der Waals surface area contributed by atoms with E-state index >= 15 is 0 Å². The number of aromatic amines is 1. The van der Waals surface area contributed by atoms with Gasteiger partial charge in [-0.1, -0.05) is 32.6 Å². The van der Waals surface area contributed by atoms with Crippen LogP contribution in [0.1, 0.15) is 45.4 Å². The summed E-state index contributed by atoms with van der Waals surface area (Å²) in [6, 6.07) is 0.